The fourth-order valence-corrected chi connectivity index (χ4v) is 2.79. The van der Waals surface area contributed by atoms with Gasteiger partial charge in [0, 0.05) is 11.1 Å². The van der Waals surface area contributed by atoms with Crippen molar-refractivity contribution in [2.45, 2.75) is 13.3 Å². The topological polar surface area (TPSA) is 53.7 Å². The SMILES string of the molecule is CCc1ccc(-c2conc2-c2cc(OC)c(OC)c(OC)c2)cc1. The van der Waals surface area contributed by atoms with Crippen molar-refractivity contribution in [3.8, 4) is 39.6 Å². The average molecular weight is 339 g/mol. The summed E-state index contributed by atoms with van der Waals surface area (Å²) in [4.78, 5) is 0. The Kier molecular flexibility index (Phi) is 4.93. The lowest BCUT2D eigenvalue weighted by Gasteiger charge is -2.13. The lowest BCUT2D eigenvalue weighted by atomic mass is 10.00. The summed E-state index contributed by atoms with van der Waals surface area (Å²) in [6, 6.07) is 12.1. The summed E-state index contributed by atoms with van der Waals surface area (Å²) in [6.07, 6.45) is 2.66. The minimum atomic E-state index is 0.547. The molecule has 0 aliphatic carbocycles. The van der Waals surface area contributed by atoms with Crippen LogP contribution in [0.25, 0.3) is 22.4 Å². The largest absolute Gasteiger partial charge is 0.493 e. The van der Waals surface area contributed by atoms with E-state index >= 15 is 0 Å². The molecule has 0 saturated carbocycles. The highest BCUT2D eigenvalue weighted by molar-refractivity contribution is 5.82. The molecule has 0 N–H and O–H groups in total. The fourth-order valence-electron chi connectivity index (χ4n) is 2.79. The van der Waals surface area contributed by atoms with Crippen molar-refractivity contribution in [1.29, 1.82) is 0 Å². The van der Waals surface area contributed by atoms with Crippen molar-refractivity contribution in [2.24, 2.45) is 0 Å². The number of nitrogens with zero attached hydrogens (tertiary/aromatic N) is 1. The Bertz CT molecular complexity index is 827. The molecule has 2 aromatic carbocycles. The zero-order valence-electron chi connectivity index (χ0n) is 14.8. The van der Waals surface area contributed by atoms with Crippen LogP contribution in [0.4, 0.5) is 0 Å². The van der Waals surface area contributed by atoms with Crippen LogP contribution in [0.3, 0.4) is 0 Å². The molecule has 1 aromatic heterocycles. The van der Waals surface area contributed by atoms with Gasteiger partial charge in [0.1, 0.15) is 12.0 Å². The summed E-state index contributed by atoms with van der Waals surface area (Å²) in [5.41, 5.74) is 4.80. The second-order valence-corrected chi connectivity index (χ2v) is 5.54. The van der Waals surface area contributed by atoms with Crippen LogP contribution < -0.4 is 14.2 Å². The molecule has 0 radical (unpaired) electrons. The molecule has 0 saturated heterocycles. The van der Waals surface area contributed by atoms with Crippen LogP contribution in [0.15, 0.2) is 47.2 Å². The van der Waals surface area contributed by atoms with Crippen molar-refractivity contribution in [3.63, 3.8) is 0 Å². The second-order valence-electron chi connectivity index (χ2n) is 5.54. The molecule has 0 aliphatic rings. The molecule has 0 bridgehead atoms. The highest BCUT2D eigenvalue weighted by atomic mass is 16.5. The van der Waals surface area contributed by atoms with Gasteiger partial charge >= 0.3 is 0 Å². The molecule has 5 heteroatoms. The first kappa shape index (κ1) is 16.9. The predicted octanol–water partition coefficient (Wildman–Crippen LogP) is 4.60. The number of hydrogen-bond donors (Lipinski definition) is 0. The summed E-state index contributed by atoms with van der Waals surface area (Å²) in [6.45, 7) is 2.13. The maximum absolute atomic E-state index is 5.43. The van der Waals surface area contributed by atoms with Gasteiger partial charge in [-0.25, -0.2) is 0 Å². The van der Waals surface area contributed by atoms with Gasteiger partial charge < -0.3 is 18.7 Å². The predicted molar refractivity (Wildman–Crippen MR) is 96.4 cm³/mol. The molecule has 0 amide bonds. The fraction of sp³-hybridized carbons (Fsp3) is 0.250. The number of benzene rings is 2. The molecule has 25 heavy (non-hydrogen) atoms. The third kappa shape index (κ3) is 3.18. The maximum atomic E-state index is 5.43. The lowest BCUT2D eigenvalue weighted by Crippen LogP contribution is -1.96. The Morgan fingerprint density at radius 2 is 1.52 bits per heavy atom. The third-order valence-electron chi connectivity index (χ3n) is 4.18. The van der Waals surface area contributed by atoms with E-state index in [-0.39, 0.29) is 0 Å². The summed E-state index contributed by atoms with van der Waals surface area (Å²) in [5.74, 6) is 1.70. The van der Waals surface area contributed by atoms with Crippen molar-refractivity contribution in [1.82, 2.24) is 5.16 Å². The van der Waals surface area contributed by atoms with Gasteiger partial charge in [-0.1, -0.05) is 36.3 Å². The molecule has 0 aliphatic heterocycles. The number of ether oxygens (including phenoxy) is 3. The average Bonchev–Trinajstić information content (AvgIpc) is 3.16. The van der Waals surface area contributed by atoms with Gasteiger partial charge in [-0.15, -0.1) is 0 Å². The van der Waals surface area contributed by atoms with Crippen LogP contribution in [-0.4, -0.2) is 26.5 Å². The lowest BCUT2D eigenvalue weighted by molar-refractivity contribution is 0.324. The zero-order chi connectivity index (χ0) is 17.8. The number of aryl methyl sites for hydroxylation is 1. The van der Waals surface area contributed by atoms with Crippen molar-refractivity contribution in [2.75, 3.05) is 21.3 Å². The van der Waals surface area contributed by atoms with E-state index in [2.05, 4.69) is 36.3 Å². The molecule has 0 spiro atoms. The minimum absolute atomic E-state index is 0.547. The van der Waals surface area contributed by atoms with Crippen LogP contribution in [0.1, 0.15) is 12.5 Å². The van der Waals surface area contributed by atoms with Gasteiger partial charge in [0.05, 0.1) is 21.3 Å². The third-order valence-corrected chi connectivity index (χ3v) is 4.18. The second kappa shape index (κ2) is 7.30. The van der Waals surface area contributed by atoms with E-state index in [4.69, 9.17) is 18.7 Å². The maximum Gasteiger partial charge on any atom is 0.203 e. The van der Waals surface area contributed by atoms with E-state index in [0.717, 1.165) is 28.8 Å². The summed E-state index contributed by atoms with van der Waals surface area (Å²) in [7, 11) is 4.76. The summed E-state index contributed by atoms with van der Waals surface area (Å²) < 4.78 is 21.5. The quantitative estimate of drug-likeness (QED) is 0.657. The normalized spacial score (nSPS) is 10.6. The van der Waals surface area contributed by atoms with E-state index in [9.17, 15) is 0 Å². The van der Waals surface area contributed by atoms with Gasteiger partial charge in [0.2, 0.25) is 5.75 Å². The molecule has 130 valence electrons. The molecule has 1 heterocycles. The number of hydrogen-bond acceptors (Lipinski definition) is 5. The number of methoxy groups -OCH3 is 3. The van der Waals surface area contributed by atoms with Crippen LogP contribution in [0.5, 0.6) is 17.2 Å². The molecule has 0 fully saturated rings. The standard InChI is InChI=1S/C20H21NO4/c1-5-13-6-8-14(9-7-13)16-12-25-21-19(16)15-10-17(22-2)20(24-4)18(11-15)23-3/h6-12H,5H2,1-4H3. The van der Waals surface area contributed by atoms with Crippen LogP contribution in [-0.2, 0) is 6.42 Å². The Hall–Kier alpha value is -2.95. The van der Waals surface area contributed by atoms with Crippen molar-refractivity contribution >= 4 is 0 Å². The van der Waals surface area contributed by atoms with E-state index in [0.29, 0.717) is 17.2 Å². The first-order valence-electron chi connectivity index (χ1n) is 8.05. The molecule has 3 aromatic rings. The van der Waals surface area contributed by atoms with Crippen molar-refractivity contribution < 1.29 is 18.7 Å². The number of rotatable bonds is 6. The summed E-state index contributed by atoms with van der Waals surface area (Å²) >= 11 is 0. The highest BCUT2D eigenvalue weighted by Crippen LogP contribution is 2.42. The Balaban J connectivity index is 2.10. The zero-order valence-corrected chi connectivity index (χ0v) is 14.8. The van der Waals surface area contributed by atoms with Gasteiger partial charge in [-0.2, -0.15) is 0 Å². The first-order chi connectivity index (χ1) is 12.2. The summed E-state index contributed by atoms with van der Waals surface area (Å²) in [5, 5.41) is 4.18. The van der Waals surface area contributed by atoms with E-state index in [1.165, 1.54) is 5.56 Å². The number of aromatic nitrogens is 1. The van der Waals surface area contributed by atoms with Crippen LogP contribution in [0.2, 0.25) is 0 Å². The smallest absolute Gasteiger partial charge is 0.203 e. The molecule has 5 nitrogen and oxygen atoms in total. The van der Waals surface area contributed by atoms with Gasteiger partial charge in [-0.05, 0) is 29.7 Å². The van der Waals surface area contributed by atoms with Crippen molar-refractivity contribution in [3.05, 3.63) is 48.2 Å². The Morgan fingerprint density at radius 3 is 2.04 bits per heavy atom. The molecular formula is C20H21NO4. The Morgan fingerprint density at radius 1 is 0.880 bits per heavy atom. The minimum Gasteiger partial charge on any atom is -0.493 e. The van der Waals surface area contributed by atoms with E-state index < -0.39 is 0 Å². The monoisotopic (exact) mass is 339 g/mol. The van der Waals surface area contributed by atoms with E-state index in [1.54, 1.807) is 27.6 Å². The van der Waals surface area contributed by atoms with Gasteiger partial charge in [-0.3, -0.25) is 0 Å². The van der Waals surface area contributed by atoms with Gasteiger partial charge in [0.15, 0.2) is 11.5 Å². The van der Waals surface area contributed by atoms with Crippen LogP contribution in [0, 0.1) is 0 Å². The molecular weight excluding hydrogens is 318 g/mol. The highest BCUT2D eigenvalue weighted by Gasteiger charge is 2.18. The first-order valence-corrected chi connectivity index (χ1v) is 8.05. The molecule has 3 rings (SSSR count). The van der Waals surface area contributed by atoms with E-state index in [1.807, 2.05) is 12.1 Å². The molecule has 0 atom stereocenters. The Labute approximate surface area is 147 Å². The van der Waals surface area contributed by atoms with Crippen LogP contribution >= 0.6 is 0 Å². The molecule has 0 unspecified atom stereocenters. The van der Waals surface area contributed by atoms with Gasteiger partial charge in [0.25, 0.3) is 0 Å².